The van der Waals surface area contributed by atoms with Crippen molar-refractivity contribution in [2.75, 3.05) is 24.6 Å². The lowest BCUT2D eigenvalue weighted by Gasteiger charge is -2.36. The normalized spacial score (nSPS) is 18.1. The van der Waals surface area contributed by atoms with Crippen LogP contribution in [0.4, 0.5) is 10.1 Å². The quantitative estimate of drug-likeness (QED) is 0.705. The largest absolute Gasteiger partial charge is 0.370 e. The van der Waals surface area contributed by atoms with E-state index in [4.69, 9.17) is 4.74 Å². The summed E-state index contributed by atoms with van der Waals surface area (Å²) in [6, 6.07) is 14.8. The molecule has 0 spiro atoms. The number of morpholine rings is 1. The maximum absolute atomic E-state index is 13.2. The Hall–Kier alpha value is -2.46. The number of para-hydroxylation sites is 1. The number of aryl methyl sites for hydroxylation is 1. The minimum Gasteiger partial charge on any atom is -0.370 e. The minimum absolute atomic E-state index is 0.0503. The number of pyridine rings is 1. The van der Waals surface area contributed by atoms with Gasteiger partial charge >= 0.3 is 0 Å². The van der Waals surface area contributed by atoms with E-state index in [1.165, 1.54) is 17.8 Å². The SMILES string of the molecule is Cc1cnc2ccccc2c1N1CCO[C@H](c2ccc(F)cc2)C1. The number of hydrogen-bond donors (Lipinski definition) is 0. The van der Waals surface area contributed by atoms with E-state index in [1.54, 1.807) is 12.1 Å². The molecule has 1 aliphatic rings. The van der Waals surface area contributed by atoms with E-state index in [-0.39, 0.29) is 11.9 Å². The Bertz CT molecular complexity index is 863. The monoisotopic (exact) mass is 322 g/mol. The van der Waals surface area contributed by atoms with E-state index in [9.17, 15) is 4.39 Å². The third kappa shape index (κ3) is 2.74. The third-order valence-corrected chi connectivity index (χ3v) is 4.55. The maximum Gasteiger partial charge on any atom is 0.123 e. The summed E-state index contributed by atoms with van der Waals surface area (Å²) in [5.41, 5.74) is 4.39. The molecule has 3 aromatic rings. The minimum atomic E-state index is -0.220. The van der Waals surface area contributed by atoms with Gasteiger partial charge in [-0.1, -0.05) is 30.3 Å². The van der Waals surface area contributed by atoms with Crippen LogP contribution in [0.25, 0.3) is 10.9 Å². The van der Waals surface area contributed by atoms with Gasteiger partial charge in [-0.15, -0.1) is 0 Å². The summed E-state index contributed by atoms with van der Waals surface area (Å²) in [6.45, 7) is 4.34. The van der Waals surface area contributed by atoms with E-state index < -0.39 is 0 Å². The Morgan fingerprint density at radius 1 is 1.12 bits per heavy atom. The Kier molecular flexibility index (Phi) is 3.90. The van der Waals surface area contributed by atoms with Gasteiger partial charge in [0, 0.05) is 24.7 Å². The highest BCUT2D eigenvalue weighted by molar-refractivity contribution is 5.93. The molecule has 4 heteroatoms. The van der Waals surface area contributed by atoms with Crippen LogP contribution in [0.2, 0.25) is 0 Å². The molecule has 4 rings (SSSR count). The zero-order valence-corrected chi connectivity index (χ0v) is 13.6. The molecule has 0 saturated carbocycles. The van der Waals surface area contributed by atoms with E-state index >= 15 is 0 Å². The second-order valence-corrected chi connectivity index (χ2v) is 6.16. The number of rotatable bonds is 2. The van der Waals surface area contributed by atoms with Crippen LogP contribution in [-0.2, 0) is 4.74 Å². The molecule has 3 nitrogen and oxygen atoms in total. The topological polar surface area (TPSA) is 25.4 Å². The summed E-state index contributed by atoms with van der Waals surface area (Å²) >= 11 is 0. The summed E-state index contributed by atoms with van der Waals surface area (Å²) < 4.78 is 19.1. The fourth-order valence-corrected chi connectivity index (χ4v) is 3.38. The Labute approximate surface area is 140 Å². The Balaban J connectivity index is 1.69. The van der Waals surface area contributed by atoms with Crippen molar-refractivity contribution in [2.24, 2.45) is 0 Å². The molecular formula is C20H19FN2O. The predicted octanol–water partition coefficient (Wildman–Crippen LogP) is 4.26. The van der Waals surface area contributed by atoms with Crippen LogP contribution in [0.3, 0.4) is 0 Å². The van der Waals surface area contributed by atoms with Gasteiger partial charge in [0.2, 0.25) is 0 Å². The van der Waals surface area contributed by atoms with E-state index in [0.29, 0.717) is 6.61 Å². The molecule has 2 aromatic carbocycles. The van der Waals surface area contributed by atoms with E-state index in [0.717, 1.165) is 35.1 Å². The smallest absolute Gasteiger partial charge is 0.123 e. The highest BCUT2D eigenvalue weighted by Crippen LogP contribution is 2.33. The van der Waals surface area contributed by atoms with Crippen LogP contribution in [-0.4, -0.2) is 24.7 Å². The van der Waals surface area contributed by atoms with Gasteiger partial charge in [0.05, 0.1) is 17.8 Å². The Morgan fingerprint density at radius 3 is 2.75 bits per heavy atom. The lowest BCUT2D eigenvalue weighted by Crippen LogP contribution is -2.38. The molecule has 1 aromatic heterocycles. The van der Waals surface area contributed by atoms with Gasteiger partial charge in [-0.05, 0) is 36.2 Å². The highest BCUT2D eigenvalue weighted by atomic mass is 19.1. The maximum atomic E-state index is 13.2. The van der Waals surface area contributed by atoms with Crippen molar-refractivity contribution in [3.8, 4) is 0 Å². The standard InChI is InChI=1S/C20H19FN2O/c1-14-12-22-18-5-3-2-4-17(18)20(14)23-10-11-24-19(13-23)15-6-8-16(21)9-7-15/h2-9,12,19H,10-11,13H2,1H3/t19-/m0/s1. The molecule has 0 N–H and O–H groups in total. The number of aromatic nitrogens is 1. The summed E-state index contributed by atoms with van der Waals surface area (Å²) in [5, 5.41) is 1.16. The Morgan fingerprint density at radius 2 is 1.92 bits per heavy atom. The molecule has 122 valence electrons. The van der Waals surface area contributed by atoms with Gasteiger partial charge in [-0.2, -0.15) is 0 Å². The number of nitrogens with zero attached hydrogens (tertiary/aromatic N) is 2. The molecule has 24 heavy (non-hydrogen) atoms. The molecule has 0 bridgehead atoms. The van der Waals surface area contributed by atoms with Crippen molar-refractivity contribution < 1.29 is 9.13 Å². The lowest BCUT2D eigenvalue weighted by atomic mass is 10.0. The first-order valence-electron chi connectivity index (χ1n) is 8.19. The fourth-order valence-electron chi connectivity index (χ4n) is 3.38. The van der Waals surface area contributed by atoms with Crippen molar-refractivity contribution >= 4 is 16.6 Å². The number of ether oxygens (including phenoxy) is 1. The summed E-state index contributed by atoms with van der Waals surface area (Å²) in [6.07, 6.45) is 1.88. The highest BCUT2D eigenvalue weighted by Gasteiger charge is 2.24. The van der Waals surface area contributed by atoms with Crippen molar-refractivity contribution in [1.29, 1.82) is 0 Å². The predicted molar refractivity (Wildman–Crippen MR) is 93.8 cm³/mol. The van der Waals surface area contributed by atoms with Gasteiger partial charge in [-0.3, -0.25) is 4.98 Å². The summed E-state index contributed by atoms with van der Waals surface area (Å²) in [4.78, 5) is 6.88. The first-order chi connectivity index (χ1) is 11.7. The van der Waals surface area contributed by atoms with Crippen molar-refractivity contribution in [3.05, 3.63) is 71.7 Å². The van der Waals surface area contributed by atoms with Crippen LogP contribution < -0.4 is 4.90 Å². The molecule has 1 saturated heterocycles. The van der Waals surface area contributed by atoms with Crippen LogP contribution in [0.15, 0.2) is 54.7 Å². The summed E-state index contributed by atoms with van der Waals surface area (Å²) in [5.74, 6) is -0.220. The zero-order valence-electron chi connectivity index (χ0n) is 13.6. The van der Waals surface area contributed by atoms with Gasteiger partial charge in [-0.25, -0.2) is 4.39 Å². The van der Waals surface area contributed by atoms with E-state index in [2.05, 4.69) is 22.9 Å². The average molecular weight is 322 g/mol. The van der Waals surface area contributed by atoms with Crippen molar-refractivity contribution in [1.82, 2.24) is 4.98 Å². The van der Waals surface area contributed by atoms with Gasteiger partial charge in [0.15, 0.2) is 0 Å². The van der Waals surface area contributed by atoms with Crippen molar-refractivity contribution in [2.45, 2.75) is 13.0 Å². The average Bonchev–Trinajstić information content (AvgIpc) is 2.62. The van der Waals surface area contributed by atoms with Gasteiger partial charge in [0.1, 0.15) is 11.9 Å². The molecule has 0 amide bonds. The zero-order chi connectivity index (χ0) is 16.5. The fraction of sp³-hybridized carbons (Fsp3) is 0.250. The number of hydrogen-bond acceptors (Lipinski definition) is 3. The number of halogens is 1. The van der Waals surface area contributed by atoms with Gasteiger partial charge < -0.3 is 9.64 Å². The first kappa shape index (κ1) is 15.1. The molecule has 0 radical (unpaired) electrons. The van der Waals surface area contributed by atoms with Crippen LogP contribution in [0.5, 0.6) is 0 Å². The first-order valence-corrected chi connectivity index (χ1v) is 8.19. The molecule has 2 heterocycles. The molecule has 1 aliphatic heterocycles. The number of anilines is 1. The van der Waals surface area contributed by atoms with E-state index in [1.807, 2.05) is 24.4 Å². The lowest BCUT2D eigenvalue weighted by molar-refractivity contribution is 0.0398. The van der Waals surface area contributed by atoms with Crippen molar-refractivity contribution in [3.63, 3.8) is 0 Å². The van der Waals surface area contributed by atoms with Crippen LogP contribution in [0, 0.1) is 12.7 Å². The molecule has 1 atom stereocenters. The van der Waals surface area contributed by atoms with Gasteiger partial charge in [0.25, 0.3) is 0 Å². The third-order valence-electron chi connectivity index (χ3n) is 4.55. The summed E-state index contributed by atoms with van der Waals surface area (Å²) in [7, 11) is 0. The molecular weight excluding hydrogens is 303 g/mol. The second-order valence-electron chi connectivity index (χ2n) is 6.16. The van der Waals surface area contributed by atoms with Crippen LogP contribution >= 0.6 is 0 Å². The number of fused-ring (bicyclic) bond motifs is 1. The molecule has 1 fully saturated rings. The van der Waals surface area contributed by atoms with Crippen LogP contribution in [0.1, 0.15) is 17.2 Å². The second kappa shape index (κ2) is 6.21. The number of benzene rings is 2. The molecule has 0 aliphatic carbocycles. The molecule has 0 unspecified atom stereocenters.